The summed E-state index contributed by atoms with van der Waals surface area (Å²) >= 11 is 0. The number of nitrogens with zero attached hydrogens (tertiary/aromatic N) is 6. The molecule has 1 saturated heterocycles. The van der Waals surface area contributed by atoms with E-state index in [1.165, 1.54) is 17.3 Å². The molecule has 3 N–H and O–H groups in total. The molecule has 0 saturated carbocycles. The topological polar surface area (TPSA) is 129 Å². The molecule has 150 valence electrons. The van der Waals surface area contributed by atoms with Crippen LogP contribution in [0.3, 0.4) is 0 Å². The maximum Gasteiger partial charge on any atom is 0.281 e. The van der Waals surface area contributed by atoms with Crippen LogP contribution in [0.5, 0.6) is 0 Å². The van der Waals surface area contributed by atoms with Gasteiger partial charge in [0.15, 0.2) is 0 Å². The van der Waals surface area contributed by atoms with Gasteiger partial charge in [0, 0.05) is 13.1 Å². The van der Waals surface area contributed by atoms with Gasteiger partial charge in [-0.25, -0.2) is 4.68 Å². The van der Waals surface area contributed by atoms with E-state index < -0.39 is 16.3 Å². The molecule has 0 bridgehead atoms. The van der Waals surface area contributed by atoms with Gasteiger partial charge in [-0.2, -0.15) is 12.8 Å². The van der Waals surface area contributed by atoms with E-state index in [1.807, 2.05) is 20.8 Å². The van der Waals surface area contributed by atoms with E-state index in [4.69, 9.17) is 0 Å². The lowest BCUT2D eigenvalue weighted by Crippen LogP contribution is -2.71. The maximum absolute atomic E-state index is 13.4. The number of hydrogen-bond acceptors (Lipinski definition) is 6. The SMILES string of the molecule is CCN=C1NC(=NCC)NC(N(n2cnnc2)S(=O)(=O)c2ccc(C)cc2)N1. The summed E-state index contributed by atoms with van der Waals surface area (Å²) in [6.45, 7) is 6.68. The molecular formula is C16H23N9O2S. The number of nitrogens with one attached hydrogen (secondary N) is 3. The average Bonchev–Trinajstić information content (AvgIpc) is 3.16. The van der Waals surface area contributed by atoms with Gasteiger partial charge < -0.3 is 10.6 Å². The second kappa shape index (κ2) is 8.25. The number of sulfonamides is 1. The van der Waals surface area contributed by atoms with Gasteiger partial charge in [-0.05, 0) is 32.9 Å². The minimum absolute atomic E-state index is 0.136. The van der Waals surface area contributed by atoms with Gasteiger partial charge in [0.1, 0.15) is 12.7 Å². The van der Waals surface area contributed by atoms with E-state index in [2.05, 4.69) is 36.1 Å². The summed E-state index contributed by atoms with van der Waals surface area (Å²) in [6.07, 6.45) is 1.72. The zero-order chi connectivity index (χ0) is 20.1. The predicted molar refractivity (Wildman–Crippen MR) is 106 cm³/mol. The Morgan fingerprint density at radius 2 is 1.57 bits per heavy atom. The zero-order valence-electron chi connectivity index (χ0n) is 15.9. The van der Waals surface area contributed by atoms with E-state index in [0.29, 0.717) is 25.0 Å². The monoisotopic (exact) mass is 405 g/mol. The van der Waals surface area contributed by atoms with Gasteiger partial charge in [-0.15, -0.1) is 10.2 Å². The number of rotatable bonds is 6. The van der Waals surface area contributed by atoms with Crippen molar-refractivity contribution in [3.63, 3.8) is 0 Å². The van der Waals surface area contributed by atoms with Crippen LogP contribution >= 0.6 is 0 Å². The highest BCUT2D eigenvalue weighted by atomic mass is 32.2. The molecule has 0 aliphatic carbocycles. The molecule has 0 unspecified atom stereocenters. The lowest BCUT2D eigenvalue weighted by molar-refractivity contribution is 0.465. The van der Waals surface area contributed by atoms with Crippen molar-refractivity contribution >= 4 is 21.9 Å². The van der Waals surface area contributed by atoms with Crippen molar-refractivity contribution < 1.29 is 8.42 Å². The van der Waals surface area contributed by atoms with E-state index in [9.17, 15) is 8.42 Å². The second-order valence-corrected chi connectivity index (χ2v) is 7.69. The highest BCUT2D eigenvalue weighted by Crippen LogP contribution is 2.17. The Morgan fingerprint density at radius 3 is 2.07 bits per heavy atom. The molecule has 2 aromatic rings. The largest absolute Gasteiger partial charge is 0.317 e. The quantitative estimate of drug-likeness (QED) is 0.603. The van der Waals surface area contributed by atoms with Gasteiger partial charge in [0.05, 0.1) is 4.90 Å². The third-order valence-corrected chi connectivity index (χ3v) is 5.60. The Morgan fingerprint density at radius 1 is 1.04 bits per heavy atom. The van der Waals surface area contributed by atoms with Crippen LogP contribution in [0.1, 0.15) is 19.4 Å². The Labute approximate surface area is 163 Å². The number of aryl methyl sites for hydroxylation is 1. The van der Waals surface area contributed by atoms with Crippen LogP contribution in [0.15, 0.2) is 51.8 Å². The Hall–Kier alpha value is -3.15. The average molecular weight is 405 g/mol. The normalized spacial score (nSPS) is 19.8. The molecule has 0 amide bonds. The fourth-order valence-corrected chi connectivity index (χ4v) is 4.00. The van der Waals surface area contributed by atoms with Crippen LogP contribution < -0.4 is 20.4 Å². The molecule has 0 atom stereocenters. The summed E-state index contributed by atoms with van der Waals surface area (Å²) in [7, 11) is -3.96. The van der Waals surface area contributed by atoms with E-state index in [1.54, 1.807) is 24.3 Å². The summed E-state index contributed by atoms with van der Waals surface area (Å²) in [5.74, 6) is 0.825. The highest BCUT2D eigenvalue weighted by molar-refractivity contribution is 7.92. The molecule has 1 fully saturated rings. The van der Waals surface area contributed by atoms with Crippen molar-refractivity contribution in [1.29, 1.82) is 0 Å². The Kier molecular flexibility index (Phi) is 5.78. The summed E-state index contributed by atoms with van der Waals surface area (Å²) in [4.78, 5) is 8.75. The standard InChI is InChI=1S/C16H23N9O2S/c1-4-17-14-21-15(18-5-2)23-16(22-14)25(24-10-19-20-11-24)28(26,27)13-8-6-12(3)7-9-13/h6-11,16H,4-5H2,1-3H3,(H3,17,18,21,22,23). The Balaban J connectivity index is 2.06. The van der Waals surface area contributed by atoms with Crippen LogP contribution in [0.2, 0.25) is 0 Å². The van der Waals surface area contributed by atoms with Crippen molar-refractivity contribution in [3.8, 4) is 0 Å². The van der Waals surface area contributed by atoms with Gasteiger partial charge in [-0.1, -0.05) is 17.7 Å². The van der Waals surface area contributed by atoms with Gasteiger partial charge in [0.2, 0.25) is 18.2 Å². The summed E-state index contributed by atoms with van der Waals surface area (Å²) in [6, 6.07) is 6.61. The van der Waals surface area contributed by atoms with E-state index in [-0.39, 0.29) is 4.90 Å². The van der Waals surface area contributed by atoms with Crippen LogP contribution in [0, 0.1) is 6.92 Å². The molecule has 1 aliphatic rings. The van der Waals surface area contributed by atoms with Crippen molar-refractivity contribution in [2.45, 2.75) is 32.0 Å². The summed E-state index contributed by atoms with van der Waals surface area (Å²) in [5, 5.41) is 16.6. The molecule has 1 aromatic carbocycles. The molecule has 1 aliphatic heterocycles. The molecule has 1 aromatic heterocycles. The van der Waals surface area contributed by atoms with Crippen LogP contribution in [0.4, 0.5) is 0 Å². The minimum Gasteiger partial charge on any atom is -0.317 e. The molecule has 0 spiro atoms. The van der Waals surface area contributed by atoms with E-state index in [0.717, 1.165) is 9.98 Å². The van der Waals surface area contributed by atoms with Crippen molar-refractivity contribution in [3.05, 3.63) is 42.5 Å². The smallest absolute Gasteiger partial charge is 0.281 e. The van der Waals surface area contributed by atoms with Crippen LogP contribution in [-0.4, -0.2) is 54.6 Å². The molecule has 3 rings (SSSR count). The molecular weight excluding hydrogens is 382 g/mol. The number of benzene rings is 1. The van der Waals surface area contributed by atoms with Crippen LogP contribution in [-0.2, 0) is 10.0 Å². The van der Waals surface area contributed by atoms with Crippen molar-refractivity contribution in [2.24, 2.45) is 9.98 Å². The first-order valence-corrected chi connectivity index (χ1v) is 10.2. The molecule has 12 heteroatoms. The number of hydrogen-bond donors (Lipinski definition) is 3. The van der Waals surface area contributed by atoms with Crippen molar-refractivity contribution in [2.75, 3.05) is 17.5 Å². The number of guanidine groups is 2. The van der Waals surface area contributed by atoms with Gasteiger partial charge in [0.25, 0.3) is 10.0 Å². The summed E-state index contributed by atoms with van der Waals surface area (Å²) < 4.78 is 29.3. The maximum atomic E-state index is 13.4. The molecule has 0 radical (unpaired) electrons. The van der Waals surface area contributed by atoms with E-state index >= 15 is 0 Å². The van der Waals surface area contributed by atoms with Gasteiger partial charge in [-0.3, -0.25) is 15.3 Å². The fraction of sp³-hybridized carbons (Fsp3) is 0.375. The molecule has 2 heterocycles. The zero-order valence-corrected chi connectivity index (χ0v) is 16.7. The lowest BCUT2D eigenvalue weighted by Gasteiger charge is -2.37. The first-order chi connectivity index (χ1) is 13.5. The van der Waals surface area contributed by atoms with Crippen LogP contribution in [0.25, 0.3) is 0 Å². The predicted octanol–water partition coefficient (Wildman–Crippen LogP) is -0.269. The van der Waals surface area contributed by atoms with Gasteiger partial charge >= 0.3 is 0 Å². The summed E-state index contributed by atoms with van der Waals surface area (Å²) in [5.41, 5.74) is 0.961. The molecule has 11 nitrogen and oxygen atoms in total. The fourth-order valence-electron chi connectivity index (χ4n) is 2.59. The first kappa shape index (κ1) is 19.6. The first-order valence-electron chi connectivity index (χ1n) is 8.80. The highest BCUT2D eigenvalue weighted by Gasteiger charge is 2.36. The van der Waals surface area contributed by atoms with Crippen molar-refractivity contribution in [1.82, 2.24) is 30.8 Å². The number of aliphatic imine (C=N–C) groups is 2. The third kappa shape index (κ3) is 4.06. The number of aromatic nitrogens is 3. The Bertz CT molecular complexity index is 931. The second-order valence-electron chi connectivity index (χ2n) is 5.89. The molecule has 28 heavy (non-hydrogen) atoms. The minimum atomic E-state index is -3.96. The third-order valence-electron chi connectivity index (χ3n) is 3.84. The lowest BCUT2D eigenvalue weighted by atomic mass is 10.2.